The second kappa shape index (κ2) is 9.03. The summed E-state index contributed by atoms with van der Waals surface area (Å²) in [6, 6.07) is 9.40. The van der Waals surface area contributed by atoms with Gasteiger partial charge in [-0.2, -0.15) is 0 Å². The molecule has 0 spiro atoms. The second-order valence-electron chi connectivity index (χ2n) is 7.78. The summed E-state index contributed by atoms with van der Waals surface area (Å²) in [6.07, 6.45) is 14.8. The normalized spacial score (nSPS) is 17.1. The molecule has 1 aliphatic carbocycles. The number of aromatic nitrogens is 2. The average molecular weight is 389 g/mol. The molecular formula is C24H28N4O. The number of piperidine rings is 1. The predicted molar refractivity (Wildman–Crippen MR) is 116 cm³/mol. The zero-order valence-corrected chi connectivity index (χ0v) is 17.0. The zero-order chi connectivity index (χ0) is 20.1. The summed E-state index contributed by atoms with van der Waals surface area (Å²) in [5.41, 5.74) is 2.76. The van der Waals surface area contributed by atoms with E-state index < -0.39 is 0 Å². The predicted octanol–water partition coefficient (Wildman–Crippen LogP) is 4.38. The summed E-state index contributed by atoms with van der Waals surface area (Å²) >= 11 is 0. The maximum atomic E-state index is 13.4. The number of pyridine rings is 2. The molecule has 2 aromatic heterocycles. The molecule has 0 unspecified atom stereocenters. The molecule has 1 aliphatic heterocycles. The number of hydrogen-bond donors (Lipinski definition) is 0. The number of amides is 1. The molecule has 0 aromatic carbocycles. The quantitative estimate of drug-likeness (QED) is 0.763. The molecule has 1 saturated heterocycles. The maximum Gasteiger partial charge on any atom is 0.261 e. The van der Waals surface area contributed by atoms with Gasteiger partial charge in [-0.15, -0.1) is 0 Å². The van der Waals surface area contributed by atoms with Crippen molar-refractivity contribution in [1.29, 1.82) is 0 Å². The van der Waals surface area contributed by atoms with Crippen LogP contribution in [0.2, 0.25) is 0 Å². The molecule has 5 heteroatoms. The van der Waals surface area contributed by atoms with E-state index in [2.05, 4.69) is 33.1 Å². The second-order valence-corrected chi connectivity index (χ2v) is 7.78. The van der Waals surface area contributed by atoms with Crippen molar-refractivity contribution in [2.45, 2.75) is 32.6 Å². The van der Waals surface area contributed by atoms with E-state index in [0.717, 1.165) is 44.5 Å². The Balaban J connectivity index is 1.48. The summed E-state index contributed by atoms with van der Waals surface area (Å²) in [5, 5.41) is 0. The van der Waals surface area contributed by atoms with Crippen molar-refractivity contribution in [1.82, 2.24) is 14.9 Å². The molecule has 0 atom stereocenters. The van der Waals surface area contributed by atoms with E-state index >= 15 is 0 Å². The lowest BCUT2D eigenvalue weighted by molar-refractivity contribution is 0.0976. The van der Waals surface area contributed by atoms with E-state index in [1.165, 1.54) is 5.70 Å². The Labute approximate surface area is 172 Å². The molecular weight excluding hydrogens is 360 g/mol. The Morgan fingerprint density at radius 3 is 2.62 bits per heavy atom. The first-order valence-electron chi connectivity index (χ1n) is 10.5. The van der Waals surface area contributed by atoms with E-state index in [0.29, 0.717) is 23.8 Å². The standard InChI is InChI=1S/C24H28N4O/c1-19-22(10-7-15-25-19)24(29)28(23-11-5-6-14-26-23)18-20-12-16-27(17-13-20)21-8-3-2-4-9-21/h3,5-11,14-15,20H,2,4,12-13,16-18H2,1H3. The number of carbonyl (C=O) groups excluding carboxylic acids is 1. The van der Waals surface area contributed by atoms with Gasteiger partial charge < -0.3 is 4.90 Å². The average Bonchev–Trinajstić information content (AvgIpc) is 2.79. The number of allylic oxidation sites excluding steroid dienone is 3. The topological polar surface area (TPSA) is 49.3 Å². The molecule has 1 amide bonds. The van der Waals surface area contributed by atoms with Crippen molar-refractivity contribution in [3.63, 3.8) is 0 Å². The largest absolute Gasteiger partial charge is 0.372 e. The molecule has 150 valence electrons. The highest BCUT2D eigenvalue weighted by Crippen LogP contribution is 2.26. The van der Waals surface area contributed by atoms with E-state index in [1.807, 2.05) is 42.2 Å². The van der Waals surface area contributed by atoms with Crippen LogP contribution in [0.5, 0.6) is 0 Å². The van der Waals surface area contributed by atoms with Crippen LogP contribution in [0.4, 0.5) is 5.82 Å². The molecule has 2 aromatic rings. The fourth-order valence-electron chi connectivity index (χ4n) is 4.12. The lowest BCUT2D eigenvalue weighted by Gasteiger charge is -2.37. The molecule has 0 bridgehead atoms. The van der Waals surface area contributed by atoms with Crippen molar-refractivity contribution < 1.29 is 4.79 Å². The Kier molecular flexibility index (Phi) is 6.03. The highest BCUT2D eigenvalue weighted by molar-refractivity contribution is 6.06. The van der Waals surface area contributed by atoms with Gasteiger partial charge in [0, 0.05) is 43.4 Å². The number of carbonyl (C=O) groups is 1. The maximum absolute atomic E-state index is 13.4. The third-order valence-corrected chi connectivity index (χ3v) is 5.80. The SMILES string of the molecule is Cc1ncccc1C(=O)N(CC1CCN(C2=CCCC=C2)CC1)c1ccccn1. The molecule has 5 nitrogen and oxygen atoms in total. The first-order chi connectivity index (χ1) is 14.2. The highest BCUT2D eigenvalue weighted by atomic mass is 16.2. The smallest absolute Gasteiger partial charge is 0.261 e. The lowest BCUT2D eigenvalue weighted by Crippen LogP contribution is -2.41. The summed E-state index contributed by atoms with van der Waals surface area (Å²) in [7, 11) is 0. The number of hydrogen-bond acceptors (Lipinski definition) is 4. The van der Waals surface area contributed by atoms with Crippen LogP contribution in [0.1, 0.15) is 41.7 Å². The molecule has 0 radical (unpaired) electrons. The molecule has 2 aliphatic rings. The highest BCUT2D eigenvalue weighted by Gasteiger charge is 2.27. The van der Waals surface area contributed by atoms with Crippen molar-refractivity contribution in [3.05, 3.63) is 77.9 Å². The summed E-state index contributed by atoms with van der Waals surface area (Å²) in [5.74, 6) is 1.15. The number of anilines is 1. The molecule has 1 fully saturated rings. The van der Waals surface area contributed by atoms with Gasteiger partial charge in [-0.3, -0.25) is 14.7 Å². The third kappa shape index (κ3) is 4.56. The van der Waals surface area contributed by atoms with E-state index in [9.17, 15) is 4.79 Å². The minimum absolute atomic E-state index is 0.0188. The van der Waals surface area contributed by atoms with Gasteiger partial charge in [0.1, 0.15) is 5.82 Å². The van der Waals surface area contributed by atoms with Crippen molar-refractivity contribution in [2.75, 3.05) is 24.5 Å². The molecule has 3 heterocycles. The zero-order valence-electron chi connectivity index (χ0n) is 17.0. The van der Waals surface area contributed by atoms with Crippen LogP contribution >= 0.6 is 0 Å². The first-order valence-corrected chi connectivity index (χ1v) is 10.5. The van der Waals surface area contributed by atoms with E-state index in [1.54, 1.807) is 12.4 Å². The van der Waals surface area contributed by atoms with Gasteiger partial charge in [-0.05, 0) is 68.9 Å². The van der Waals surface area contributed by atoms with Crippen LogP contribution in [0.15, 0.2) is 66.7 Å². The lowest BCUT2D eigenvalue weighted by atomic mass is 9.94. The van der Waals surface area contributed by atoms with E-state index in [4.69, 9.17) is 0 Å². The summed E-state index contributed by atoms with van der Waals surface area (Å²) in [6.45, 7) is 4.65. The number of likely N-dealkylation sites (tertiary alicyclic amines) is 1. The van der Waals surface area contributed by atoms with Gasteiger partial charge in [0.05, 0.1) is 5.56 Å². The van der Waals surface area contributed by atoms with Crippen LogP contribution in [0, 0.1) is 12.8 Å². The summed E-state index contributed by atoms with van der Waals surface area (Å²) < 4.78 is 0. The minimum Gasteiger partial charge on any atom is -0.372 e. The van der Waals surface area contributed by atoms with Crippen molar-refractivity contribution >= 4 is 11.7 Å². The Bertz CT molecular complexity index is 898. The summed E-state index contributed by atoms with van der Waals surface area (Å²) in [4.78, 5) is 26.4. The van der Waals surface area contributed by atoms with Crippen LogP contribution in [-0.2, 0) is 0 Å². The van der Waals surface area contributed by atoms with Gasteiger partial charge in [0.15, 0.2) is 0 Å². The minimum atomic E-state index is -0.0188. The molecule has 29 heavy (non-hydrogen) atoms. The Morgan fingerprint density at radius 2 is 1.93 bits per heavy atom. The van der Waals surface area contributed by atoms with Crippen LogP contribution < -0.4 is 4.90 Å². The van der Waals surface area contributed by atoms with Gasteiger partial charge in [0.25, 0.3) is 5.91 Å². The van der Waals surface area contributed by atoms with Crippen LogP contribution in [0.3, 0.4) is 0 Å². The Morgan fingerprint density at radius 1 is 1.10 bits per heavy atom. The van der Waals surface area contributed by atoms with Gasteiger partial charge in [-0.1, -0.05) is 18.2 Å². The van der Waals surface area contributed by atoms with Crippen LogP contribution in [-0.4, -0.2) is 40.4 Å². The van der Waals surface area contributed by atoms with E-state index in [-0.39, 0.29) is 5.91 Å². The van der Waals surface area contributed by atoms with Crippen LogP contribution in [0.25, 0.3) is 0 Å². The molecule has 0 N–H and O–H groups in total. The molecule has 4 rings (SSSR count). The Hall–Kier alpha value is -2.95. The van der Waals surface area contributed by atoms with Gasteiger partial charge >= 0.3 is 0 Å². The first kappa shape index (κ1) is 19.4. The third-order valence-electron chi connectivity index (χ3n) is 5.80. The van der Waals surface area contributed by atoms with Crippen molar-refractivity contribution in [2.24, 2.45) is 5.92 Å². The van der Waals surface area contributed by atoms with Gasteiger partial charge in [0.2, 0.25) is 0 Å². The van der Waals surface area contributed by atoms with Gasteiger partial charge in [-0.25, -0.2) is 4.98 Å². The number of aryl methyl sites for hydroxylation is 1. The fraction of sp³-hybridized carbons (Fsp3) is 0.375. The molecule has 0 saturated carbocycles. The van der Waals surface area contributed by atoms with Crippen molar-refractivity contribution in [3.8, 4) is 0 Å². The fourth-order valence-corrected chi connectivity index (χ4v) is 4.12. The number of rotatable bonds is 5. The monoisotopic (exact) mass is 388 g/mol. The number of nitrogens with zero attached hydrogens (tertiary/aromatic N) is 4.